The second-order valence-corrected chi connectivity index (χ2v) is 4.83. The van der Waals surface area contributed by atoms with Crippen LogP contribution in [0.15, 0.2) is 0 Å². The molecule has 0 bridgehead atoms. The van der Waals surface area contributed by atoms with Crippen LogP contribution in [0.25, 0.3) is 0 Å². The number of nitrogens with zero attached hydrogens (tertiary/aromatic N) is 4. The van der Waals surface area contributed by atoms with Crippen LogP contribution in [0.1, 0.15) is 31.0 Å². The summed E-state index contributed by atoms with van der Waals surface area (Å²) in [6.07, 6.45) is 2.67. The molecule has 5 heteroatoms. The summed E-state index contributed by atoms with van der Waals surface area (Å²) >= 11 is 0. The molecule has 1 aliphatic carbocycles. The Morgan fingerprint density at radius 3 is 2.83 bits per heavy atom. The third-order valence-corrected chi connectivity index (χ3v) is 3.49. The van der Waals surface area contributed by atoms with Crippen molar-refractivity contribution in [2.75, 3.05) is 25.0 Å². The third-order valence-electron chi connectivity index (χ3n) is 3.49. The quantitative estimate of drug-likeness (QED) is 0.827. The smallest absolute Gasteiger partial charge is 0.142 e. The number of aryl methyl sites for hydroxylation is 2. The summed E-state index contributed by atoms with van der Waals surface area (Å²) in [4.78, 5) is 2.49. The molecule has 0 amide bonds. The van der Waals surface area contributed by atoms with Gasteiger partial charge in [0.2, 0.25) is 0 Å². The molecule has 5 nitrogen and oxygen atoms in total. The fourth-order valence-electron chi connectivity index (χ4n) is 2.35. The zero-order valence-electron chi connectivity index (χ0n) is 11.4. The first-order chi connectivity index (χ1) is 8.67. The molecule has 1 fully saturated rings. The maximum absolute atomic E-state index is 9.11. The van der Waals surface area contributed by atoms with E-state index in [4.69, 9.17) is 5.26 Å². The molecule has 1 aliphatic rings. The molecule has 0 saturated heterocycles. The standard InChI is InChI=1S/C13H21N5/c1-4-18(11-5-6-11)8-7-15-13-12(9-14)10(2)16-17(13)3/h11,15H,4-8H2,1-3H3. The van der Waals surface area contributed by atoms with Gasteiger partial charge in [0.15, 0.2) is 0 Å². The molecule has 1 N–H and O–H groups in total. The van der Waals surface area contributed by atoms with Crippen LogP contribution in [0.5, 0.6) is 0 Å². The Hall–Kier alpha value is -1.54. The summed E-state index contributed by atoms with van der Waals surface area (Å²) < 4.78 is 1.75. The number of nitriles is 1. The van der Waals surface area contributed by atoms with E-state index in [1.54, 1.807) is 4.68 Å². The lowest BCUT2D eigenvalue weighted by Crippen LogP contribution is -2.31. The summed E-state index contributed by atoms with van der Waals surface area (Å²) in [6.45, 7) is 7.05. The van der Waals surface area contributed by atoms with Gasteiger partial charge in [-0.3, -0.25) is 9.58 Å². The number of rotatable bonds is 6. The van der Waals surface area contributed by atoms with Crippen LogP contribution in [0, 0.1) is 18.3 Å². The number of aromatic nitrogens is 2. The van der Waals surface area contributed by atoms with Crippen molar-refractivity contribution >= 4 is 5.82 Å². The minimum absolute atomic E-state index is 0.659. The molecule has 18 heavy (non-hydrogen) atoms. The maximum Gasteiger partial charge on any atom is 0.142 e. The van der Waals surface area contributed by atoms with E-state index in [0.29, 0.717) is 5.56 Å². The maximum atomic E-state index is 9.11. The van der Waals surface area contributed by atoms with Gasteiger partial charge in [0, 0.05) is 26.2 Å². The SMILES string of the molecule is CCN(CCNc1c(C#N)c(C)nn1C)C1CC1. The van der Waals surface area contributed by atoms with Gasteiger partial charge in [0.25, 0.3) is 0 Å². The fraction of sp³-hybridized carbons (Fsp3) is 0.692. The molecule has 0 aliphatic heterocycles. The van der Waals surface area contributed by atoms with Crippen molar-refractivity contribution in [1.82, 2.24) is 14.7 Å². The summed E-state index contributed by atoms with van der Waals surface area (Å²) in [5.74, 6) is 0.835. The van der Waals surface area contributed by atoms with E-state index < -0.39 is 0 Å². The van der Waals surface area contributed by atoms with E-state index in [9.17, 15) is 0 Å². The van der Waals surface area contributed by atoms with Gasteiger partial charge in [-0.1, -0.05) is 6.92 Å². The Kier molecular flexibility index (Phi) is 3.87. The lowest BCUT2D eigenvalue weighted by atomic mass is 10.2. The topological polar surface area (TPSA) is 56.9 Å². The molecule has 0 radical (unpaired) electrons. The molecule has 1 aromatic rings. The number of likely N-dealkylation sites (N-methyl/N-ethyl adjacent to an activating group) is 1. The predicted molar refractivity (Wildman–Crippen MR) is 71.4 cm³/mol. The molecule has 1 heterocycles. The fourth-order valence-corrected chi connectivity index (χ4v) is 2.35. The molecular weight excluding hydrogens is 226 g/mol. The Balaban J connectivity index is 1.92. The second-order valence-electron chi connectivity index (χ2n) is 4.83. The monoisotopic (exact) mass is 247 g/mol. The average molecular weight is 247 g/mol. The summed E-state index contributed by atoms with van der Waals surface area (Å²) in [5.41, 5.74) is 1.45. The minimum atomic E-state index is 0.659. The van der Waals surface area contributed by atoms with Crippen molar-refractivity contribution in [1.29, 1.82) is 5.26 Å². The number of nitrogens with one attached hydrogen (secondary N) is 1. The van der Waals surface area contributed by atoms with Gasteiger partial charge in [-0.05, 0) is 26.3 Å². The first-order valence-electron chi connectivity index (χ1n) is 6.59. The van der Waals surface area contributed by atoms with E-state index in [1.165, 1.54) is 12.8 Å². The molecule has 2 rings (SSSR count). The summed E-state index contributed by atoms with van der Waals surface area (Å²) in [7, 11) is 1.87. The molecule has 0 unspecified atom stereocenters. The molecule has 0 spiro atoms. The lowest BCUT2D eigenvalue weighted by Gasteiger charge is -2.20. The molecule has 0 aromatic carbocycles. The zero-order valence-corrected chi connectivity index (χ0v) is 11.4. The van der Waals surface area contributed by atoms with Crippen molar-refractivity contribution in [3.63, 3.8) is 0 Å². The van der Waals surface area contributed by atoms with Gasteiger partial charge in [0.1, 0.15) is 17.5 Å². The van der Waals surface area contributed by atoms with Gasteiger partial charge >= 0.3 is 0 Å². The highest BCUT2D eigenvalue weighted by atomic mass is 15.3. The second kappa shape index (κ2) is 5.40. The average Bonchev–Trinajstić information content (AvgIpc) is 3.13. The zero-order chi connectivity index (χ0) is 13.1. The van der Waals surface area contributed by atoms with Crippen LogP contribution in [0.2, 0.25) is 0 Å². The van der Waals surface area contributed by atoms with E-state index in [2.05, 4.69) is 28.3 Å². The van der Waals surface area contributed by atoms with E-state index in [1.807, 2.05) is 14.0 Å². The van der Waals surface area contributed by atoms with Crippen LogP contribution in [0.3, 0.4) is 0 Å². The van der Waals surface area contributed by atoms with Crippen molar-refractivity contribution in [3.8, 4) is 6.07 Å². The van der Waals surface area contributed by atoms with Crippen LogP contribution in [0.4, 0.5) is 5.82 Å². The molecule has 1 aromatic heterocycles. The number of hydrogen-bond acceptors (Lipinski definition) is 4. The van der Waals surface area contributed by atoms with E-state index >= 15 is 0 Å². The molecule has 1 saturated carbocycles. The van der Waals surface area contributed by atoms with E-state index in [0.717, 1.165) is 37.2 Å². The molecular formula is C13H21N5. The van der Waals surface area contributed by atoms with Gasteiger partial charge in [0.05, 0.1) is 5.69 Å². The largest absolute Gasteiger partial charge is 0.368 e. The normalized spacial score (nSPS) is 14.8. The van der Waals surface area contributed by atoms with Crippen molar-refractivity contribution in [3.05, 3.63) is 11.3 Å². The van der Waals surface area contributed by atoms with Gasteiger partial charge < -0.3 is 5.32 Å². The van der Waals surface area contributed by atoms with Crippen LogP contribution in [-0.2, 0) is 7.05 Å². The first-order valence-corrected chi connectivity index (χ1v) is 6.59. The van der Waals surface area contributed by atoms with Gasteiger partial charge in [-0.25, -0.2) is 0 Å². The predicted octanol–water partition coefficient (Wildman–Crippen LogP) is 1.50. The summed E-state index contributed by atoms with van der Waals surface area (Å²) in [6, 6.07) is 3.00. The number of hydrogen-bond donors (Lipinski definition) is 1. The Labute approximate surface area is 108 Å². The molecule has 98 valence electrons. The Bertz CT molecular complexity index is 453. The van der Waals surface area contributed by atoms with Crippen molar-refractivity contribution in [2.45, 2.75) is 32.7 Å². The highest BCUT2D eigenvalue weighted by molar-refractivity contribution is 5.54. The van der Waals surface area contributed by atoms with Crippen LogP contribution >= 0.6 is 0 Å². The van der Waals surface area contributed by atoms with Crippen LogP contribution in [-0.4, -0.2) is 40.4 Å². The first kappa shape index (κ1) is 12.9. The number of anilines is 1. The van der Waals surface area contributed by atoms with Gasteiger partial charge in [-0.2, -0.15) is 10.4 Å². The molecule has 0 atom stereocenters. The highest BCUT2D eigenvalue weighted by Gasteiger charge is 2.27. The Morgan fingerprint density at radius 1 is 1.56 bits per heavy atom. The highest BCUT2D eigenvalue weighted by Crippen LogP contribution is 2.26. The van der Waals surface area contributed by atoms with Crippen LogP contribution < -0.4 is 5.32 Å². The minimum Gasteiger partial charge on any atom is -0.368 e. The van der Waals surface area contributed by atoms with Gasteiger partial charge in [-0.15, -0.1) is 0 Å². The van der Waals surface area contributed by atoms with Crippen molar-refractivity contribution in [2.24, 2.45) is 7.05 Å². The van der Waals surface area contributed by atoms with Crippen molar-refractivity contribution < 1.29 is 0 Å². The Morgan fingerprint density at radius 2 is 2.28 bits per heavy atom. The lowest BCUT2D eigenvalue weighted by molar-refractivity contribution is 0.289. The van der Waals surface area contributed by atoms with E-state index in [-0.39, 0.29) is 0 Å². The summed E-state index contributed by atoms with van der Waals surface area (Å²) in [5, 5.41) is 16.7. The third kappa shape index (κ3) is 2.65.